The summed E-state index contributed by atoms with van der Waals surface area (Å²) in [4.78, 5) is 25.2. The van der Waals surface area contributed by atoms with Crippen molar-refractivity contribution < 1.29 is 19.4 Å². The van der Waals surface area contributed by atoms with E-state index in [0.29, 0.717) is 13.1 Å². The molecule has 2 unspecified atom stereocenters. The Balaban J connectivity index is 2.55. The van der Waals surface area contributed by atoms with Crippen molar-refractivity contribution in [2.24, 2.45) is 0 Å². The first-order chi connectivity index (χ1) is 7.40. The molecule has 1 fully saturated rings. The number of carbonyl (C=O) groups excluding carboxylic acids is 1. The second-order valence-corrected chi connectivity index (χ2v) is 4.19. The first kappa shape index (κ1) is 12.8. The fourth-order valence-electron chi connectivity index (χ4n) is 1.85. The van der Waals surface area contributed by atoms with Gasteiger partial charge in [0.2, 0.25) is 0 Å². The number of ether oxygens (including phenoxy) is 1. The van der Waals surface area contributed by atoms with E-state index in [1.165, 1.54) is 11.9 Å². The Kier molecular flexibility index (Phi) is 4.12. The minimum absolute atomic E-state index is 0.00840. The lowest BCUT2D eigenvalue weighted by molar-refractivity contribution is -0.137. The molecular formula is C10H18N2O4. The van der Waals surface area contributed by atoms with E-state index < -0.39 is 5.97 Å². The maximum Gasteiger partial charge on any atom is 0.323 e. The summed E-state index contributed by atoms with van der Waals surface area (Å²) in [5, 5.41) is 8.60. The molecule has 1 heterocycles. The third kappa shape index (κ3) is 3.37. The number of carboxylic acids is 1. The van der Waals surface area contributed by atoms with E-state index in [-0.39, 0.29) is 24.8 Å². The van der Waals surface area contributed by atoms with E-state index in [2.05, 4.69) is 0 Å². The van der Waals surface area contributed by atoms with Crippen molar-refractivity contribution in [2.75, 3.05) is 26.7 Å². The number of carbonyl (C=O) groups is 2. The third-order valence-corrected chi connectivity index (χ3v) is 2.39. The van der Waals surface area contributed by atoms with Gasteiger partial charge in [0.1, 0.15) is 6.54 Å². The SMILES string of the molecule is CC1CN(C(=O)N(C)CC(=O)O)CC(C)O1. The lowest BCUT2D eigenvalue weighted by Crippen LogP contribution is -2.52. The second kappa shape index (κ2) is 5.16. The first-order valence-electron chi connectivity index (χ1n) is 5.27. The molecule has 0 spiro atoms. The number of hydrogen-bond donors (Lipinski definition) is 1. The van der Waals surface area contributed by atoms with Crippen molar-refractivity contribution >= 4 is 12.0 Å². The zero-order valence-electron chi connectivity index (χ0n) is 9.84. The second-order valence-electron chi connectivity index (χ2n) is 4.19. The maximum atomic E-state index is 11.9. The van der Waals surface area contributed by atoms with E-state index in [4.69, 9.17) is 9.84 Å². The van der Waals surface area contributed by atoms with E-state index >= 15 is 0 Å². The third-order valence-electron chi connectivity index (χ3n) is 2.39. The predicted molar refractivity (Wildman–Crippen MR) is 57.2 cm³/mol. The summed E-state index contributed by atoms with van der Waals surface area (Å²) >= 11 is 0. The molecule has 0 radical (unpaired) electrons. The van der Waals surface area contributed by atoms with Crippen LogP contribution in [-0.2, 0) is 9.53 Å². The molecule has 1 N–H and O–H groups in total. The molecule has 0 aromatic rings. The first-order valence-corrected chi connectivity index (χ1v) is 5.27. The van der Waals surface area contributed by atoms with Gasteiger partial charge < -0.3 is 19.6 Å². The fourth-order valence-corrected chi connectivity index (χ4v) is 1.85. The van der Waals surface area contributed by atoms with E-state index in [9.17, 15) is 9.59 Å². The van der Waals surface area contributed by atoms with Crippen LogP contribution in [0.25, 0.3) is 0 Å². The molecular weight excluding hydrogens is 212 g/mol. The molecule has 92 valence electrons. The van der Waals surface area contributed by atoms with Crippen LogP contribution < -0.4 is 0 Å². The summed E-state index contributed by atoms with van der Waals surface area (Å²) in [6, 6.07) is -0.260. The van der Waals surface area contributed by atoms with Gasteiger partial charge >= 0.3 is 12.0 Å². The maximum absolute atomic E-state index is 11.9. The number of carboxylic acid groups (broad SMARTS) is 1. The molecule has 1 rings (SSSR count). The minimum atomic E-state index is -1.01. The standard InChI is InChI=1S/C10H18N2O4/c1-7-4-12(5-8(2)16-7)10(15)11(3)6-9(13)14/h7-8H,4-6H2,1-3H3,(H,13,14). The van der Waals surface area contributed by atoms with Gasteiger partial charge in [-0.05, 0) is 13.8 Å². The topological polar surface area (TPSA) is 70.1 Å². The molecule has 6 nitrogen and oxygen atoms in total. The summed E-state index contributed by atoms with van der Waals surface area (Å²) in [5.74, 6) is -1.01. The van der Waals surface area contributed by atoms with Gasteiger partial charge in [-0.2, -0.15) is 0 Å². The Labute approximate surface area is 94.8 Å². The summed E-state index contributed by atoms with van der Waals surface area (Å²) in [6.07, 6.45) is -0.0168. The van der Waals surface area contributed by atoms with Gasteiger partial charge in [0.25, 0.3) is 0 Å². The predicted octanol–water partition coefficient (Wildman–Crippen LogP) is 0.232. The van der Waals surface area contributed by atoms with Gasteiger partial charge in [0.05, 0.1) is 12.2 Å². The number of morpholine rings is 1. The van der Waals surface area contributed by atoms with Gasteiger partial charge in [0, 0.05) is 20.1 Å². The molecule has 0 aliphatic carbocycles. The highest BCUT2D eigenvalue weighted by Crippen LogP contribution is 2.12. The van der Waals surface area contributed by atoms with Crippen LogP contribution >= 0.6 is 0 Å². The van der Waals surface area contributed by atoms with Crippen LogP contribution in [0.3, 0.4) is 0 Å². The van der Waals surface area contributed by atoms with Gasteiger partial charge in [-0.15, -0.1) is 0 Å². The molecule has 2 amide bonds. The van der Waals surface area contributed by atoms with Crippen LogP contribution in [0.4, 0.5) is 4.79 Å². The highest BCUT2D eigenvalue weighted by atomic mass is 16.5. The Morgan fingerprint density at radius 2 is 1.88 bits per heavy atom. The Morgan fingerprint density at radius 3 is 2.31 bits per heavy atom. The van der Waals surface area contributed by atoms with Crippen LogP contribution in [0.5, 0.6) is 0 Å². The average molecular weight is 230 g/mol. The Morgan fingerprint density at radius 1 is 1.38 bits per heavy atom. The Hall–Kier alpha value is -1.30. The summed E-state index contributed by atoms with van der Waals surface area (Å²) < 4.78 is 5.50. The highest BCUT2D eigenvalue weighted by Gasteiger charge is 2.28. The van der Waals surface area contributed by atoms with Crippen molar-refractivity contribution in [3.05, 3.63) is 0 Å². The largest absolute Gasteiger partial charge is 0.480 e. The van der Waals surface area contributed by atoms with Crippen LogP contribution in [-0.4, -0.2) is 65.8 Å². The monoisotopic (exact) mass is 230 g/mol. The number of likely N-dealkylation sites (N-methyl/N-ethyl adjacent to an activating group) is 1. The van der Waals surface area contributed by atoms with E-state index in [1.807, 2.05) is 13.8 Å². The van der Waals surface area contributed by atoms with Crippen LogP contribution in [0.1, 0.15) is 13.8 Å². The van der Waals surface area contributed by atoms with E-state index in [0.717, 1.165) is 0 Å². The molecule has 6 heteroatoms. The van der Waals surface area contributed by atoms with Crippen LogP contribution in [0, 0.1) is 0 Å². The van der Waals surface area contributed by atoms with Crippen molar-refractivity contribution in [2.45, 2.75) is 26.1 Å². The molecule has 1 aliphatic heterocycles. The van der Waals surface area contributed by atoms with Crippen LogP contribution in [0.2, 0.25) is 0 Å². The number of nitrogens with zero attached hydrogens (tertiary/aromatic N) is 2. The average Bonchev–Trinajstić information content (AvgIpc) is 2.13. The molecule has 0 aromatic heterocycles. The Bertz CT molecular complexity index is 272. The molecule has 2 atom stereocenters. The number of hydrogen-bond acceptors (Lipinski definition) is 3. The lowest BCUT2D eigenvalue weighted by Gasteiger charge is -2.37. The van der Waals surface area contributed by atoms with Crippen molar-refractivity contribution in [3.8, 4) is 0 Å². The minimum Gasteiger partial charge on any atom is -0.480 e. The van der Waals surface area contributed by atoms with Gasteiger partial charge in [-0.25, -0.2) is 4.79 Å². The van der Waals surface area contributed by atoms with E-state index in [1.54, 1.807) is 4.90 Å². The quantitative estimate of drug-likeness (QED) is 0.737. The van der Waals surface area contributed by atoms with Gasteiger partial charge in [0.15, 0.2) is 0 Å². The number of amides is 2. The smallest absolute Gasteiger partial charge is 0.323 e. The number of rotatable bonds is 2. The molecule has 0 bridgehead atoms. The van der Waals surface area contributed by atoms with Gasteiger partial charge in [-0.1, -0.05) is 0 Å². The molecule has 0 aromatic carbocycles. The van der Waals surface area contributed by atoms with Crippen molar-refractivity contribution in [1.29, 1.82) is 0 Å². The lowest BCUT2D eigenvalue weighted by atomic mass is 10.2. The van der Waals surface area contributed by atoms with Gasteiger partial charge in [-0.3, -0.25) is 4.79 Å². The highest BCUT2D eigenvalue weighted by molar-refractivity contribution is 5.80. The van der Waals surface area contributed by atoms with Crippen molar-refractivity contribution in [3.63, 3.8) is 0 Å². The molecule has 0 saturated carbocycles. The number of aliphatic carboxylic acids is 1. The summed E-state index contributed by atoms with van der Waals surface area (Å²) in [5.41, 5.74) is 0. The number of urea groups is 1. The van der Waals surface area contributed by atoms with Crippen LogP contribution in [0.15, 0.2) is 0 Å². The molecule has 16 heavy (non-hydrogen) atoms. The zero-order valence-corrected chi connectivity index (χ0v) is 9.84. The normalized spacial score (nSPS) is 25.3. The fraction of sp³-hybridized carbons (Fsp3) is 0.800. The molecule has 1 saturated heterocycles. The molecule has 1 aliphatic rings. The van der Waals surface area contributed by atoms with Crippen molar-refractivity contribution in [1.82, 2.24) is 9.80 Å². The summed E-state index contributed by atoms with van der Waals surface area (Å²) in [6.45, 7) is 4.53. The summed E-state index contributed by atoms with van der Waals surface area (Å²) in [7, 11) is 1.49. The zero-order chi connectivity index (χ0) is 12.3.